The number of urea groups is 1. The Morgan fingerprint density at radius 3 is 2.56 bits per heavy atom. The second-order valence-electron chi connectivity index (χ2n) is 6.95. The zero-order chi connectivity index (χ0) is 18.9. The van der Waals surface area contributed by atoms with Gasteiger partial charge in [0.2, 0.25) is 5.79 Å². The summed E-state index contributed by atoms with van der Waals surface area (Å²) in [4.78, 5) is 13.8. The Hall–Kier alpha value is -2.60. The van der Waals surface area contributed by atoms with E-state index in [0.29, 0.717) is 39.1 Å². The van der Waals surface area contributed by atoms with Gasteiger partial charge in [-0.15, -0.1) is 0 Å². The van der Waals surface area contributed by atoms with Crippen LogP contribution in [0.3, 0.4) is 0 Å². The van der Waals surface area contributed by atoms with E-state index in [2.05, 4.69) is 5.32 Å². The maximum absolute atomic E-state index is 13.1. The molecular weight excluding hydrogens is 347 g/mol. The second kappa shape index (κ2) is 7.19. The van der Waals surface area contributed by atoms with Crippen LogP contribution in [0.15, 0.2) is 42.5 Å². The fourth-order valence-corrected chi connectivity index (χ4v) is 3.61. The highest BCUT2D eigenvalue weighted by molar-refractivity contribution is 5.74. The summed E-state index contributed by atoms with van der Waals surface area (Å²) in [5.74, 6) is -0.0873. The Balaban J connectivity index is 1.46. The molecule has 2 aliphatic heterocycles. The van der Waals surface area contributed by atoms with Gasteiger partial charge in [0, 0.05) is 38.0 Å². The standard InChI is InChI=1S/C21H23FN2O3/c1-2-23-20(25)24-11-9-21(10-12-24)26-14-17-13-16(5-8-19(17)27-21)15-3-6-18(22)7-4-15/h3-8,13H,2,9-12,14H2,1H3,(H,23,25). The highest BCUT2D eigenvalue weighted by Crippen LogP contribution is 2.39. The molecule has 1 saturated heterocycles. The zero-order valence-corrected chi connectivity index (χ0v) is 15.3. The topological polar surface area (TPSA) is 50.8 Å². The molecule has 6 heteroatoms. The van der Waals surface area contributed by atoms with Gasteiger partial charge in [-0.25, -0.2) is 9.18 Å². The van der Waals surface area contributed by atoms with E-state index in [-0.39, 0.29) is 11.8 Å². The number of carbonyl (C=O) groups is 1. The van der Waals surface area contributed by atoms with Gasteiger partial charge in [-0.2, -0.15) is 0 Å². The molecule has 2 aromatic rings. The van der Waals surface area contributed by atoms with Crippen LogP contribution in [0.2, 0.25) is 0 Å². The average molecular weight is 370 g/mol. The molecule has 5 nitrogen and oxygen atoms in total. The van der Waals surface area contributed by atoms with Crippen LogP contribution in [0.4, 0.5) is 9.18 Å². The first kappa shape index (κ1) is 17.8. The number of nitrogens with one attached hydrogen (secondary N) is 1. The minimum absolute atomic E-state index is 0.0347. The molecule has 4 rings (SSSR count). The lowest BCUT2D eigenvalue weighted by Crippen LogP contribution is -2.54. The lowest BCUT2D eigenvalue weighted by molar-refractivity contribution is -0.225. The summed E-state index contributed by atoms with van der Waals surface area (Å²) >= 11 is 0. The van der Waals surface area contributed by atoms with Gasteiger partial charge in [-0.3, -0.25) is 0 Å². The van der Waals surface area contributed by atoms with Gasteiger partial charge in [0.25, 0.3) is 0 Å². The summed E-state index contributed by atoms with van der Waals surface area (Å²) in [5.41, 5.74) is 2.94. The van der Waals surface area contributed by atoms with Crippen molar-refractivity contribution in [3.05, 3.63) is 53.8 Å². The molecule has 0 bridgehead atoms. The molecule has 2 heterocycles. The van der Waals surface area contributed by atoms with Crippen LogP contribution < -0.4 is 10.1 Å². The second-order valence-corrected chi connectivity index (χ2v) is 6.95. The lowest BCUT2D eigenvalue weighted by atomic mass is 9.99. The number of fused-ring (bicyclic) bond motifs is 1. The predicted octanol–water partition coefficient (Wildman–Crippen LogP) is 3.92. The fourth-order valence-electron chi connectivity index (χ4n) is 3.61. The Kier molecular flexibility index (Phi) is 4.74. The quantitative estimate of drug-likeness (QED) is 0.872. The summed E-state index contributed by atoms with van der Waals surface area (Å²) < 4.78 is 25.4. The molecule has 27 heavy (non-hydrogen) atoms. The predicted molar refractivity (Wildman–Crippen MR) is 99.9 cm³/mol. The fraction of sp³-hybridized carbons (Fsp3) is 0.381. The van der Waals surface area contributed by atoms with Crippen molar-refractivity contribution in [2.24, 2.45) is 0 Å². The van der Waals surface area contributed by atoms with Crippen molar-refractivity contribution in [3.8, 4) is 16.9 Å². The first-order valence-electron chi connectivity index (χ1n) is 9.33. The van der Waals surface area contributed by atoms with Crippen molar-refractivity contribution >= 4 is 6.03 Å². The molecule has 0 aromatic heterocycles. The molecule has 0 aliphatic carbocycles. The molecule has 0 atom stereocenters. The van der Waals surface area contributed by atoms with Crippen molar-refractivity contribution in [1.29, 1.82) is 0 Å². The van der Waals surface area contributed by atoms with Crippen molar-refractivity contribution < 1.29 is 18.7 Å². The van der Waals surface area contributed by atoms with E-state index in [4.69, 9.17) is 9.47 Å². The highest BCUT2D eigenvalue weighted by Gasteiger charge is 2.41. The third-order valence-electron chi connectivity index (χ3n) is 5.17. The van der Waals surface area contributed by atoms with Crippen molar-refractivity contribution in [3.63, 3.8) is 0 Å². The molecule has 0 saturated carbocycles. The third kappa shape index (κ3) is 3.62. The van der Waals surface area contributed by atoms with E-state index in [9.17, 15) is 9.18 Å². The number of hydrogen-bond acceptors (Lipinski definition) is 3. The van der Waals surface area contributed by atoms with Gasteiger partial charge >= 0.3 is 6.03 Å². The SMILES string of the molecule is CCNC(=O)N1CCC2(CC1)OCc1cc(-c3ccc(F)cc3)ccc1O2. The van der Waals surface area contributed by atoms with Crippen LogP contribution >= 0.6 is 0 Å². The average Bonchev–Trinajstić information content (AvgIpc) is 2.69. The van der Waals surface area contributed by atoms with Crippen molar-refractivity contribution in [1.82, 2.24) is 10.2 Å². The number of likely N-dealkylation sites (tertiary alicyclic amines) is 1. The van der Waals surface area contributed by atoms with Gasteiger partial charge in [-0.1, -0.05) is 18.2 Å². The number of carbonyl (C=O) groups excluding carboxylic acids is 1. The maximum atomic E-state index is 13.1. The normalized spacial score (nSPS) is 17.9. The first-order valence-corrected chi connectivity index (χ1v) is 9.33. The van der Waals surface area contributed by atoms with Gasteiger partial charge in [0.1, 0.15) is 11.6 Å². The van der Waals surface area contributed by atoms with E-state index in [1.807, 2.05) is 25.1 Å². The van der Waals surface area contributed by atoms with E-state index < -0.39 is 5.79 Å². The summed E-state index contributed by atoms with van der Waals surface area (Å²) in [5, 5.41) is 2.83. The molecule has 1 spiro atoms. The number of piperidine rings is 1. The van der Waals surface area contributed by atoms with Crippen LogP contribution in [0, 0.1) is 5.82 Å². The molecule has 2 amide bonds. The molecular formula is C21H23FN2O3. The van der Waals surface area contributed by atoms with E-state index in [1.165, 1.54) is 12.1 Å². The lowest BCUT2D eigenvalue weighted by Gasteiger charge is -2.43. The number of rotatable bonds is 2. The minimum atomic E-state index is -0.659. The summed E-state index contributed by atoms with van der Waals surface area (Å²) in [6.07, 6.45) is 1.28. The third-order valence-corrected chi connectivity index (χ3v) is 5.17. The Labute approximate surface area is 158 Å². The largest absolute Gasteiger partial charge is 0.462 e. The van der Waals surface area contributed by atoms with Crippen molar-refractivity contribution in [2.45, 2.75) is 32.2 Å². The molecule has 0 unspecified atom stereocenters. The number of nitrogens with zero attached hydrogens (tertiary/aromatic N) is 1. The Bertz CT molecular complexity index is 830. The van der Waals surface area contributed by atoms with Gasteiger partial charge in [0.15, 0.2) is 0 Å². The van der Waals surface area contributed by atoms with Crippen LogP contribution in [-0.4, -0.2) is 36.4 Å². The van der Waals surface area contributed by atoms with Crippen molar-refractivity contribution in [2.75, 3.05) is 19.6 Å². The number of hydrogen-bond donors (Lipinski definition) is 1. The Morgan fingerprint density at radius 2 is 1.85 bits per heavy atom. The minimum Gasteiger partial charge on any atom is -0.462 e. The molecule has 1 fully saturated rings. The molecule has 1 N–H and O–H groups in total. The van der Waals surface area contributed by atoms with E-state index in [0.717, 1.165) is 22.4 Å². The number of ether oxygens (including phenoxy) is 2. The maximum Gasteiger partial charge on any atom is 0.317 e. The summed E-state index contributed by atoms with van der Waals surface area (Å²) in [7, 11) is 0. The van der Waals surface area contributed by atoms with Crippen LogP contribution in [-0.2, 0) is 11.3 Å². The smallest absolute Gasteiger partial charge is 0.317 e. The summed E-state index contributed by atoms with van der Waals surface area (Å²) in [6.45, 7) is 4.21. The molecule has 2 aromatic carbocycles. The van der Waals surface area contributed by atoms with E-state index in [1.54, 1.807) is 17.0 Å². The van der Waals surface area contributed by atoms with Gasteiger partial charge in [-0.05, 0) is 42.3 Å². The van der Waals surface area contributed by atoms with E-state index >= 15 is 0 Å². The van der Waals surface area contributed by atoms with Crippen LogP contribution in [0.5, 0.6) is 5.75 Å². The number of benzene rings is 2. The Morgan fingerprint density at radius 1 is 1.15 bits per heavy atom. The first-order chi connectivity index (χ1) is 13.1. The number of amides is 2. The van der Waals surface area contributed by atoms with Crippen LogP contribution in [0.1, 0.15) is 25.3 Å². The monoisotopic (exact) mass is 370 g/mol. The number of halogens is 1. The molecule has 2 aliphatic rings. The highest BCUT2D eigenvalue weighted by atomic mass is 19.1. The zero-order valence-electron chi connectivity index (χ0n) is 15.3. The van der Waals surface area contributed by atoms with Gasteiger partial charge < -0.3 is 19.7 Å². The van der Waals surface area contributed by atoms with Gasteiger partial charge in [0.05, 0.1) is 6.61 Å². The molecule has 142 valence electrons. The van der Waals surface area contributed by atoms with Crippen LogP contribution in [0.25, 0.3) is 11.1 Å². The molecule has 0 radical (unpaired) electrons. The summed E-state index contributed by atoms with van der Waals surface area (Å²) in [6, 6.07) is 12.4.